The van der Waals surface area contributed by atoms with Crippen molar-refractivity contribution in [1.82, 2.24) is 14.4 Å². The van der Waals surface area contributed by atoms with Crippen LogP contribution in [0.1, 0.15) is 11.5 Å². The van der Waals surface area contributed by atoms with E-state index in [4.69, 9.17) is 10.2 Å². The summed E-state index contributed by atoms with van der Waals surface area (Å²) in [6, 6.07) is 3.90. The van der Waals surface area contributed by atoms with Crippen LogP contribution in [0.15, 0.2) is 35.1 Å². The van der Waals surface area contributed by atoms with Crippen LogP contribution in [0.25, 0.3) is 5.65 Å². The van der Waals surface area contributed by atoms with Gasteiger partial charge in [-0.3, -0.25) is 0 Å². The topological polar surface area (TPSA) is 72.6 Å². The Morgan fingerprint density at radius 3 is 3.00 bits per heavy atom. The van der Waals surface area contributed by atoms with Crippen molar-refractivity contribution < 1.29 is 4.42 Å². The minimum atomic E-state index is 0.461. The Morgan fingerprint density at radius 1 is 1.42 bits per heavy atom. The van der Waals surface area contributed by atoms with Crippen molar-refractivity contribution in [2.75, 3.05) is 17.7 Å². The summed E-state index contributed by atoms with van der Waals surface area (Å²) in [7, 11) is 1.94. The summed E-state index contributed by atoms with van der Waals surface area (Å²) >= 11 is 0. The van der Waals surface area contributed by atoms with Crippen LogP contribution in [0.3, 0.4) is 0 Å². The summed E-state index contributed by atoms with van der Waals surface area (Å²) in [6.07, 6.45) is 5.32. The average molecular weight is 257 g/mol. The van der Waals surface area contributed by atoms with Crippen LogP contribution in [-0.2, 0) is 6.54 Å². The number of aryl methyl sites for hydroxylation is 1. The third-order valence-corrected chi connectivity index (χ3v) is 2.93. The van der Waals surface area contributed by atoms with E-state index < -0.39 is 0 Å². The van der Waals surface area contributed by atoms with Crippen LogP contribution in [-0.4, -0.2) is 21.4 Å². The molecule has 0 aliphatic rings. The van der Waals surface area contributed by atoms with Crippen molar-refractivity contribution in [2.24, 2.45) is 0 Å². The molecule has 0 bridgehead atoms. The molecule has 3 aromatic rings. The van der Waals surface area contributed by atoms with Gasteiger partial charge in [0.2, 0.25) is 0 Å². The third-order valence-electron chi connectivity index (χ3n) is 2.93. The number of nitrogens with zero attached hydrogens (tertiary/aromatic N) is 4. The number of nitrogens with two attached hydrogens (primary N) is 1. The zero-order valence-corrected chi connectivity index (χ0v) is 10.9. The highest BCUT2D eigenvalue weighted by Crippen LogP contribution is 2.20. The fourth-order valence-electron chi connectivity index (χ4n) is 2.07. The third kappa shape index (κ3) is 2.12. The zero-order valence-electron chi connectivity index (χ0n) is 10.9. The van der Waals surface area contributed by atoms with E-state index in [0.717, 1.165) is 23.0 Å². The highest BCUT2D eigenvalue weighted by atomic mass is 16.3. The molecule has 6 heteroatoms. The summed E-state index contributed by atoms with van der Waals surface area (Å²) in [5.41, 5.74) is 6.59. The van der Waals surface area contributed by atoms with Crippen molar-refractivity contribution in [3.05, 3.63) is 42.2 Å². The van der Waals surface area contributed by atoms with Gasteiger partial charge in [0, 0.05) is 19.4 Å². The van der Waals surface area contributed by atoms with Gasteiger partial charge in [0.25, 0.3) is 0 Å². The quantitative estimate of drug-likeness (QED) is 0.775. The smallest absolute Gasteiger partial charge is 0.180 e. The molecule has 0 unspecified atom stereocenters. The molecule has 0 atom stereocenters. The van der Waals surface area contributed by atoms with Gasteiger partial charge in [0.1, 0.15) is 17.3 Å². The van der Waals surface area contributed by atoms with Crippen LogP contribution >= 0.6 is 0 Å². The van der Waals surface area contributed by atoms with E-state index in [1.54, 1.807) is 12.4 Å². The Balaban J connectivity index is 1.96. The molecule has 0 fully saturated rings. The second-order valence-corrected chi connectivity index (χ2v) is 4.52. The molecule has 0 saturated carbocycles. The Bertz CT molecular complexity index is 715. The minimum Gasteiger partial charge on any atom is -0.464 e. The first-order valence-electron chi connectivity index (χ1n) is 5.99. The predicted octanol–water partition coefficient (Wildman–Crippen LogP) is 1.85. The molecular formula is C13H15N5O. The van der Waals surface area contributed by atoms with Crippen molar-refractivity contribution in [2.45, 2.75) is 13.5 Å². The SMILES string of the molecule is Cc1ccc(CN(C)c2nc(N)cn3ccnc23)o1. The molecule has 0 aromatic carbocycles. The monoisotopic (exact) mass is 257 g/mol. The Labute approximate surface area is 110 Å². The number of furan rings is 1. The Kier molecular flexibility index (Phi) is 2.63. The molecule has 0 aliphatic carbocycles. The lowest BCUT2D eigenvalue weighted by atomic mass is 10.4. The number of aromatic nitrogens is 3. The maximum Gasteiger partial charge on any atom is 0.180 e. The minimum absolute atomic E-state index is 0.461. The second-order valence-electron chi connectivity index (χ2n) is 4.52. The summed E-state index contributed by atoms with van der Waals surface area (Å²) in [5, 5.41) is 0. The van der Waals surface area contributed by atoms with Crippen molar-refractivity contribution in [3.8, 4) is 0 Å². The Hall–Kier alpha value is -2.50. The number of imidazole rings is 1. The molecule has 0 radical (unpaired) electrons. The second kappa shape index (κ2) is 4.31. The average Bonchev–Trinajstić information content (AvgIpc) is 2.96. The molecule has 6 nitrogen and oxygen atoms in total. The molecule has 0 aliphatic heterocycles. The summed E-state index contributed by atoms with van der Waals surface area (Å²) in [4.78, 5) is 10.6. The molecule has 0 saturated heterocycles. The van der Waals surface area contributed by atoms with Crippen LogP contribution in [0.5, 0.6) is 0 Å². The largest absolute Gasteiger partial charge is 0.464 e. The van der Waals surface area contributed by atoms with E-state index in [-0.39, 0.29) is 0 Å². The van der Waals surface area contributed by atoms with Gasteiger partial charge in [-0.2, -0.15) is 0 Å². The van der Waals surface area contributed by atoms with Crippen LogP contribution < -0.4 is 10.6 Å². The lowest BCUT2D eigenvalue weighted by molar-refractivity contribution is 0.481. The van der Waals surface area contributed by atoms with Gasteiger partial charge >= 0.3 is 0 Å². The molecule has 3 aromatic heterocycles. The number of nitrogen functional groups attached to an aromatic ring is 1. The normalized spacial score (nSPS) is 11.1. The van der Waals surface area contributed by atoms with Crippen molar-refractivity contribution in [1.29, 1.82) is 0 Å². The summed E-state index contributed by atoms with van der Waals surface area (Å²) in [5.74, 6) is 2.98. The number of hydrogen-bond acceptors (Lipinski definition) is 5. The Morgan fingerprint density at radius 2 is 2.26 bits per heavy atom. The van der Waals surface area contributed by atoms with Gasteiger partial charge in [0.15, 0.2) is 11.5 Å². The van der Waals surface area contributed by atoms with Gasteiger partial charge in [-0.15, -0.1) is 0 Å². The molecule has 3 heterocycles. The number of rotatable bonds is 3. The lowest BCUT2D eigenvalue weighted by Crippen LogP contribution is -2.19. The van der Waals surface area contributed by atoms with E-state index >= 15 is 0 Å². The van der Waals surface area contributed by atoms with E-state index in [1.807, 2.05) is 41.6 Å². The van der Waals surface area contributed by atoms with Crippen LogP contribution in [0, 0.1) is 6.92 Å². The first-order valence-corrected chi connectivity index (χ1v) is 5.99. The molecule has 98 valence electrons. The maximum absolute atomic E-state index is 5.81. The molecule has 3 rings (SSSR count). The fourth-order valence-corrected chi connectivity index (χ4v) is 2.07. The number of hydrogen-bond donors (Lipinski definition) is 1. The summed E-state index contributed by atoms with van der Waals surface area (Å²) in [6.45, 7) is 2.54. The van der Waals surface area contributed by atoms with E-state index in [0.29, 0.717) is 12.4 Å². The molecule has 0 spiro atoms. The van der Waals surface area contributed by atoms with Crippen molar-refractivity contribution >= 4 is 17.3 Å². The van der Waals surface area contributed by atoms with E-state index in [9.17, 15) is 0 Å². The van der Waals surface area contributed by atoms with Gasteiger partial charge in [-0.25, -0.2) is 9.97 Å². The van der Waals surface area contributed by atoms with Crippen LogP contribution in [0.4, 0.5) is 11.6 Å². The van der Waals surface area contributed by atoms with Gasteiger partial charge in [-0.05, 0) is 19.1 Å². The van der Waals surface area contributed by atoms with E-state index in [1.165, 1.54) is 0 Å². The number of fused-ring (bicyclic) bond motifs is 1. The summed E-state index contributed by atoms with van der Waals surface area (Å²) < 4.78 is 7.43. The van der Waals surface area contributed by atoms with Gasteiger partial charge in [-0.1, -0.05) is 0 Å². The van der Waals surface area contributed by atoms with E-state index in [2.05, 4.69) is 9.97 Å². The van der Waals surface area contributed by atoms with Crippen LogP contribution in [0.2, 0.25) is 0 Å². The maximum atomic E-state index is 5.81. The molecule has 19 heavy (non-hydrogen) atoms. The van der Waals surface area contributed by atoms with Gasteiger partial charge < -0.3 is 19.5 Å². The van der Waals surface area contributed by atoms with Gasteiger partial charge in [0.05, 0.1) is 12.7 Å². The number of anilines is 2. The first kappa shape index (κ1) is 11.6. The predicted molar refractivity (Wildman–Crippen MR) is 73.0 cm³/mol. The van der Waals surface area contributed by atoms with Crippen molar-refractivity contribution in [3.63, 3.8) is 0 Å². The highest BCUT2D eigenvalue weighted by Gasteiger charge is 2.12. The molecular weight excluding hydrogens is 242 g/mol. The zero-order chi connectivity index (χ0) is 13.4. The fraction of sp³-hybridized carbons (Fsp3) is 0.231. The molecule has 0 amide bonds. The first-order chi connectivity index (χ1) is 9.13. The standard InChI is InChI=1S/C13H15N5O/c1-9-3-4-10(19-9)7-17(2)13-12-15-5-6-18(12)8-11(14)16-13/h3-6,8H,7,14H2,1-2H3. The highest BCUT2D eigenvalue weighted by molar-refractivity contribution is 5.65. The lowest BCUT2D eigenvalue weighted by Gasteiger charge is -2.17. The molecule has 2 N–H and O–H groups in total.